The molecule has 1 aromatic heterocycles. The van der Waals surface area contributed by atoms with E-state index in [0.29, 0.717) is 5.92 Å². The van der Waals surface area contributed by atoms with Crippen LogP contribution in [0.2, 0.25) is 0 Å². The van der Waals surface area contributed by atoms with Gasteiger partial charge in [-0.15, -0.1) is 0 Å². The van der Waals surface area contributed by atoms with Gasteiger partial charge in [0.2, 0.25) is 0 Å². The van der Waals surface area contributed by atoms with E-state index < -0.39 is 5.60 Å². The lowest BCUT2D eigenvalue weighted by atomic mass is 9.98. The van der Waals surface area contributed by atoms with E-state index in [0.717, 1.165) is 44.6 Å². The van der Waals surface area contributed by atoms with Crippen LogP contribution in [0.15, 0.2) is 19.0 Å². The number of carbonyl (C=O) groups is 1. The Kier molecular flexibility index (Phi) is 5.82. The molecular weight excluding hydrogens is 292 g/mol. The van der Waals surface area contributed by atoms with Crippen molar-refractivity contribution in [2.75, 3.05) is 19.6 Å². The van der Waals surface area contributed by atoms with Crippen molar-refractivity contribution in [1.29, 1.82) is 0 Å². The molecule has 1 aliphatic rings. The van der Waals surface area contributed by atoms with Crippen LogP contribution in [0, 0.1) is 5.92 Å². The molecule has 1 unspecified atom stereocenters. The van der Waals surface area contributed by atoms with Crippen LogP contribution in [0.4, 0.5) is 4.79 Å². The molecular formula is C17H28N4O2. The maximum absolute atomic E-state index is 12.2. The van der Waals surface area contributed by atoms with Gasteiger partial charge in [-0.05, 0) is 46.1 Å². The van der Waals surface area contributed by atoms with Gasteiger partial charge in [0.25, 0.3) is 0 Å². The highest BCUT2D eigenvalue weighted by molar-refractivity contribution is 5.68. The first-order chi connectivity index (χ1) is 10.9. The number of likely N-dealkylation sites (tertiary alicyclic amines) is 1. The zero-order valence-corrected chi connectivity index (χ0v) is 14.4. The van der Waals surface area contributed by atoms with Gasteiger partial charge in [-0.1, -0.05) is 6.58 Å². The second-order valence-electron chi connectivity index (χ2n) is 7.08. The Labute approximate surface area is 138 Å². The lowest BCUT2D eigenvalue weighted by molar-refractivity contribution is 0.0166. The standard InChI is InChI=1S/C17H28N4O2/c1-5-21-13-15(11-19-21)10-18-9-14-7-6-8-20(12-14)16(22)23-17(2,3)4/h5,11,13-14,18H,1,6-10,12H2,2-4H3. The van der Waals surface area contributed by atoms with Crippen molar-refractivity contribution in [2.45, 2.75) is 45.8 Å². The number of hydrogen-bond acceptors (Lipinski definition) is 4. The predicted molar refractivity (Wildman–Crippen MR) is 90.9 cm³/mol. The lowest BCUT2D eigenvalue weighted by Gasteiger charge is -2.34. The normalized spacial score (nSPS) is 18.7. The topological polar surface area (TPSA) is 59.4 Å². The van der Waals surface area contributed by atoms with Gasteiger partial charge in [0, 0.05) is 37.6 Å². The van der Waals surface area contributed by atoms with E-state index in [4.69, 9.17) is 4.74 Å². The maximum atomic E-state index is 12.2. The van der Waals surface area contributed by atoms with Gasteiger partial charge < -0.3 is 15.0 Å². The molecule has 1 aliphatic heterocycles. The molecule has 0 saturated carbocycles. The van der Waals surface area contributed by atoms with E-state index in [1.807, 2.05) is 38.1 Å². The number of amides is 1. The fourth-order valence-corrected chi connectivity index (χ4v) is 2.71. The number of ether oxygens (including phenoxy) is 1. The summed E-state index contributed by atoms with van der Waals surface area (Å²) in [6, 6.07) is 0. The zero-order valence-electron chi connectivity index (χ0n) is 14.4. The van der Waals surface area contributed by atoms with Crippen LogP contribution in [0.25, 0.3) is 6.20 Å². The van der Waals surface area contributed by atoms with Crippen LogP contribution >= 0.6 is 0 Å². The highest BCUT2D eigenvalue weighted by Crippen LogP contribution is 2.19. The fraction of sp³-hybridized carbons (Fsp3) is 0.647. The van der Waals surface area contributed by atoms with Gasteiger partial charge >= 0.3 is 6.09 Å². The van der Waals surface area contributed by atoms with Crippen molar-refractivity contribution < 1.29 is 9.53 Å². The van der Waals surface area contributed by atoms with Crippen molar-refractivity contribution in [2.24, 2.45) is 5.92 Å². The minimum Gasteiger partial charge on any atom is -0.444 e. The summed E-state index contributed by atoms with van der Waals surface area (Å²) >= 11 is 0. The molecule has 1 fully saturated rings. The number of rotatable bonds is 5. The Hall–Kier alpha value is -1.82. The zero-order chi connectivity index (χ0) is 16.9. The molecule has 1 N–H and O–H groups in total. The Morgan fingerprint density at radius 3 is 3.00 bits per heavy atom. The number of carbonyl (C=O) groups excluding carboxylic acids is 1. The van der Waals surface area contributed by atoms with Crippen LogP contribution in [0.5, 0.6) is 0 Å². The van der Waals surface area contributed by atoms with Crippen LogP contribution < -0.4 is 5.32 Å². The molecule has 1 saturated heterocycles. The van der Waals surface area contributed by atoms with Crippen molar-refractivity contribution in [3.8, 4) is 0 Å². The molecule has 0 bridgehead atoms. The van der Waals surface area contributed by atoms with Crippen molar-refractivity contribution in [1.82, 2.24) is 20.0 Å². The van der Waals surface area contributed by atoms with Crippen molar-refractivity contribution in [3.63, 3.8) is 0 Å². The number of nitrogens with one attached hydrogen (secondary N) is 1. The lowest BCUT2D eigenvalue weighted by Crippen LogP contribution is -2.44. The number of nitrogens with zero attached hydrogens (tertiary/aromatic N) is 3. The molecule has 0 radical (unpaired) electrons. The Bertz CT molecular complexity index is 533. The van der Waals surface area contributed by atoms with E-state index >= 15 is 0 Å². The first-order valence-corrected chi connectivity index (χ1v) is 8.21. The van der Waals surface area contributed by atoms with Crippen LogP contribution in [-0.4, -0.2) is 46.0 Å². The summed E-state index contributed by atoms with van der Waals surface area (Å²) in [6.45, 7) is 12.6. The summed E-state index contributed by atoms with van der Waals surface area (Å²) in [5.74, 6) is 0.464. The predicted octanol–water partition coefficient (Wildman–Crippen LogP) is 2.72. The first-order valence-electron chi connectivity index (χ1n) is 8.21. The van der Waals surface area contributed by atoms with Gasteiger partial charge in [0.05, 0.1) is 6.20 Å². The van der Waals surface area contributed by atoms with Gasteiger partial charge in [-0.3, -0.25) is 0 Å². The van der Waals surface area contributed by atoms with E-state index in [1.54, 1.807) is 10.9 Å². The Morgan fingerprint density at radius 1 is 1.57 bits per heavy atom. The van der Waals surface area contributed by atoms with E-state index in [1.165, 1.54) is 0 Å². The Morgan fingerprint density at radius 2 is 2.35 bits per heavy atom. The van der Waals surface area contributed by atoms with Gasteiger partial charge in [-0.25, -0.2) is 9.48 Å². The molecule has 128 valence electrons. The minimum atomic E-state index is -0.437. The molecule has 1 aromatic rings. The highest BCUT2D eigenvalue weighted by Gasteiger charge is 2.27. The number of aromatic nitrogens is 2. The average Bonchev–Trinajstić information content (AvgIpc) is 2.94. The van der Waals surface area contributed by atoms with E-state index in [-0.39, 0.29) is 6.09 Å². The molecule has 0 aliphatic carbocycles. The molecule has 1 atom stereocenters. The smallest absolute Gasteiger partial charge is 0.410 e. The summed E-state index contributed by atoms with van der Waals surface area (Å²) in [7, 11) is 0. The summed E-state index contributed by atoms with van der Waals surface area (Å²) in [4.78, 5) is 14.0. The fourth-order valence-electron chi connectivity index (χ4n) is 2.71. The van der Waals surface area contributed by atoms with Crippen molar-refractivity contribution in [3.05, 3.63) is 24.5 Å². The number of piperidine rings is 1. The first kappa shape index (κ1) is 17.5. The van der Waals surface area contributed by atoms with Crippen LogP contribution in [0.3, 0.4) is 0 Å². The summed E-state index contributed by atoms with van der Waals surface area (Å²) in [6.07, 6.45) is 7.42. The third kappa shape index (κ3) is 5.71. The van der Waals surface area contributed by atoms with Crippen molar-refractivity contribution >= 4 is 12.3 Å². The molecule has 2 rings (SSSR count). The molecule has 0 spiro atoms. The van der Waals surface area contributed by atoms with Gasteiger partial charge in [0.15, 0.2) is 0 Å². The molecule has 6 heteroatoms. The SMILES string of the molecule is C=Cn1cc(CNCC2CCCN(C(=O)OC(C)(C)C)C2)cn1. The number of hydrogen-bond donors (Lipinski definition) is 1. The Balaban J connectivity index is 1.75. The third-order valence-corrected chi connectivity index (χ3v) is 3.77. The molecule has 2 heterocycles. The van der Waals surface area contributed by atoms with E-state index in [9.17, 15) is 4.79 Å². The molecule has 23 heavy (non-hydrogen) atoms. The largest absolute Gasteiger partial charge is 0.444 e. The summed E-state index contributed by atoms with van der Waals surface area (Å²) in [5, 5.41) is 7.61. The monoisotopic (exact) mass is 320 g/mol. The summed E-state index contributed by atoms with van der Waals surface area (Å²) in [5.41, 5.74) is 0.692. The summed E-state index contributed by atoms with van der Waals surface area (Å²) < 4.78 is 7.16. The molecule has 1 amide bonds. The highest BCUT2D eigenvalue weighted by atomic mass is 16.6. The van der Waals surface area contributed by atoms with Crippen LogP contribution in [0.1, 0.15) is 39.2 Å². The maximum Gasteiger partial charge on any atom is 0.410 e. The second-order valence-corrected chi connectivity index (χ2v) is 7.08. The minimum absolute atomic E-state index is 0.200. The van der Waals surface area contributed by atoms with Crippen LogP contribution in [-0.2, 0) is 11.3 Å². The molecule has 6 nitrogen and oxygen atoms in total. The third-order valence-electron chi connectivity index (χ3n) is 3.77. The molecule has 0 aromatic carbocycles. The quantitative estimate of drug-likeness (QED) is 0.906. The second kappa shape index (κ2) is 7.64. The van der Waals surface area contributed by atoms with E-state index in [2.05, 4.69) is 17.0 Å². The van der Waals surface area contributed by atoms with Gasteiger partial charge in [-0.2, -0.15) is 5.10 Å². The average molecular weight is 320 g/mol. The van der Waals surface area contributed by atoms with Gasteiger partial charge in [0.1, 0.15) is 5.60 Å².